The second-order valence-electron chi connectivity index (χ2n) is 9.42. The minimum absolute atomic E-state index is 0.00822. The Morgan fingerprint density at radius 2 is 1.76 bits per heavy atom. The molecule has 3 rings (SSSR count). The Balaban J connectivity index is 1.80. The number of amides is 4. The number of primary amides is 1. The lowest BCUT2D eigenvalue weighted by Gasteiger charge is -2.22. The van der Waals surface area contributed by atoms with Crippen molar-refractivity contribution in [2.24, 2.45) is 16.8 Å². The first kappa shape index (κ1) is 32.7. The number of carbonyl (C=O) groups is 3. The predicted molar refractivity (Wildman–Crippen MR) is 139 cm³/mol. The third-order valence-electron chi connectivity index (χ3n) is 6.32. The Bertz CT molecular complexity index is 1320. The topological polar surface area (TPSA) is 137 Å². The highest BCUT2D eigenvalue weighted by Crippen LogP contribution is 2.31. The number of aliphatic hydroxyl groups is 1. The van der Waals surface area contributed by atoms with Crippen molar-refractivity contribution in [1.82, 2.24) is 15.6 Å². The fraction of sp³-hybridized carbons (Fsp3) is 0.385. The first-order valence-electron chi connectivity index (χ1n) is 12.5. The second kappa shape index (κ2) is 13.4. The van der Waals surface area contributed by atoms with E-state index in [4.69, 9.17) is 17.3 Å². The van der Waals surface area contributed by atoms with Crippen LogP contribution in [0.3, 0.4) is 0 Å². The molecule has 0 spiro atoms. The third-order valence-corrected chi connectivity index (χ3v) is 6.58. The summed E-state index contributed by atoms with van der Waals surface area (Å²) in [6, 6.07) is 7.95. The molecule has 4 amide bonds. The lowest BCUT2D eigenvalue weighted by Crippen LogP contribution is -2.43. The van der Waals surface area contributed by atoms with Crippen LogP contribution in [0, 0.1) is 5.92 Å². The van der Waals surface area contributed by atoms with Gasteiger partial charge in [0.1, 0.15) is 12.6 Å². The summed E-state index contributed by atoms with van der Waals surface area (Å²) in [5.41, 5.74) is 4.66. The molecule has 3 atom stereocenters. The van der Waals surface area contributed by atoms with Crippen LogP contribution in [0.2, 0.25) is 5.02 Å². The number of nitrogens with one attached hydrogen (secondary N) is 2. The van der Waals surface area contributed by atoms with E-state index < -0.39 is 66.8 Å². The van der Waals surface area contributed by atoms with E-state index in [9.17, 15) is 45.8 Å². The number of benzene rings is 2. The molecule has 0 bridgehead atoms. The van der Waals surface area contributed by atoms with Gasteiger partial charge in [-0.2, -0.15) is 31.4 Å². The van der Waals surface area contributed by atoms with E-state index in [1.54, 1.807) is 0 Å². The van der Waals surface area contributed by atoms with E-state index in [2.05, 4.69) is 15.7 Å². The van der Waals surface area contributed by atoms with Gasteiger partial charge in [0.25, 0.3) is 5.91 Å². The summed E-state index contributed by atoms with van der Waals surface area (Å²) in [6.07, 6.45) is -13.1. The normalized spacial score (nSPS) is 17.0. The molecule has 0 radical (unpaired) electrons. The molecule has 0 aliphatic carbocycles. The number of hydrogen-bond donors (Lipinski definition) is 4. The molecule has 0 saturated heterocycles. The molecule has 1 heterocycles. The quantitative estimate of drug-likeness (QED) is 0.280. The Hall–Kier alpha value is -3.85. The van der Waals surface area contributed by atoms with E-state index in [0.717, 1.165) is 23.2 Å². The van der Waals surface area contributed by atoms with E-state index in [1.165, 1.54) is 30.3 Å². The maximum Gasteiger partial charge on any atom is 0.416 e. The van der Waals surface area contributed by atoms with Crippen molar-refractivity contribution >= 4 is 35.2 Å². The fourth-order valence-electron chi connectivity index (χ4n) is 4.24. The van der Waals surface area contributed by atoms with Crippen LogP contribution in [0.5, 0.6) is 0 Å². The summed E-state index contributed by atoms with van der Waals surface area (Å²) < 4.78 is 77.9. The maximum absolute atomic E-state index is 13.2. The standard InChI is InChI=1S/C26H26ClF6N5O4/c27-17-9-7-14(8-10-17)22-18(5-2-6-20(39)26(31,32)33)23(41)38(37-22)13-21(40)36-19(12-35-24(34)42)15-3-1-4-16(11-15)25(28,29)30/h1,3-4,7-11,18-20,39H,2,5-6,12-13H2,(H,36,40)(H3,34,35,42)/t18?,19?,20-/m0/s1. The van der Waals surface area contributed by atoms with Crippen LogP contribution in [0.1, 0.15) is 42.0 Å². The fourth-order valence-corrected chi connectivity index (χ4v) is 4.37. The molecule has 2 aromatic rings. The summed E-state index contributed by atoms with van der Waals surface area (Å²) in [4.78, 5) is 37.4. The number of hydrazone groups is 1. The molecule has 5 N–H and O–H groups in total. The van der Waals surface area contributed by atoms with Gasteiger partial charge >= 0.3 is 18.4 Å². The number of rotatable bonds is 11. The smallest absolute Gasteiger partial charge is 0.384 e. The Morgan fingerprint density at radius 3 is 2.36 bits per heavy atom. The van der Waals surface area contributed by atoms with Crippen LogP contribution in [-0.2, 0) is 15.8 Å². The van der Waals surface area contributed by atoms with Gasteiger partial charge in [0.15, 0.2) is 0 Å². The molecule has 9 nitrogen and oxygen atoms in total. The first-order valence-corrected chi connectivity index (χ1v) is 12.8. The Kier molecular flexibility index (Phi) is 10.4. The summed E-state index contributed by atoms with van der Waals surface area (Å²) >= 11 is 5.92. The lowest BCUT2D eigenvalue weighted by atomic mass is 9.91. The minimum Gasteiger partial charge on any atom is -0.384 e. The van der Waals surface area contributed by atoms with Gasteiger partial charge in [0.2, 0.25) is 5.91 Å². The van der Waals surface area contributed by atoms with E-state index >= 15 is 0 Å². The summed E-state index contributed by atoms with van der Waals surface area (Å²) in [6.45, 7) is -1.07. The van der Waals surface area contributed by atoms with Crippen molar-refractivity contribution in [2.45, 2.75) is 43.8 Å². The van der Waals surface area contributed by atoms with Crippen molar-refractivity contribution in [2.75, 3.05) is 13.1 Å². The molecule has 0 fully saturated rings. The zero-order chi connectivity index (χ0) is 31.2. The highest BCUT2D eigenvalue weighted by Gasteiger charge is 2.40. The number of nitrogens with zero attached hydrogens (tertiary/aromatic N) is 2. The van der Waals surface area contributed by atoms with Crippen molar-refractivity contribution in [3.63, 3.8) is 0 Å². The lowest BCUT2D eigenvalue weighted by molar-refractivity contribution is -0.205. The Labute approximate surface area is 240 Å². The molecule has 0 aromatic heterocycles. The van der Waals surface area contributed by atoms with Gasteiger partial charge in [-0.1, -0.05) is 35.9 Å². The van der Waals surface area contributed by atoms with E-state index in [1.807, 2.05) is 0 Å². The predicted octanol–water partition coefficient (Wildman–Crippen LogP) is 4.14. The van der Waals surface area contributed by atoms with Crippen LogP contribution < -0.4 is 16.4 Å². The van der Waals surface area contributed by atoms with Crippen molar-refractivity contribution < 1.29 is 45.8 Å². The molecule has 2 unspecified atom stereocenters. The summed E-state index contributed by atoms with van der Waals surface area (Å²) in [5.74, 6) is -2.61. The average molecular weight is 622 g/mol. The molecule has 16 heteroatoms. The summed E-state index contributed by atoms with van der Waals surface area (Å²) in [7, 11) is 0. The van der Waals surface area contributed by atoms with E-state index in [0.29, 0.717) is 10.6 Å². The highest BCUT2D eigenvalue weighted by molar-refractivity contribution is 6.30. The van der Waals surface area contributed by atoms with Gasteiger partial charge in [-0.3, -0.25) is 9.59 Å². The molecule has 1 aliphatic heterocycles. The SMILES string of the molecule is NC(=O)NCC(NC(=O)CN1N=C(c2ccc(Cl)cc2)C(CCC[C@H](O)C(F)(F)F)C1=O)c1cccc(C(F)(F)F)c1. The minimum atomic E-state index is -4.82. The molecular weight excluding hydrogens is 596 g/mol. The van der Waals surface area contributed by atoms with Crippen molar-refractivity contribution in [1.29, 1.82) is 0 Å². The van der Waals surface area contributed by atoms with Crippen LogP contribution >= 0.6 is 11.6 Å². The number of nitrogens with two attached hydrogens (primary N) is 1. The van der Waals surface area contributed by atoms with Gasteiger partial charge in [-0.15, -0.1) is 0 Å². The monoisotopic (exact) mass is 621 g/mol. The largest absolute Gasteiger partial charge is 0.416 e. The van der Waals surface area contributed by atoms with Crippen LogP contribution in [-0.4, -0.2) is 59.0 Å². The number of urea groups is 1. The number of halogens is 7. The van der Waals surface area contributed by atoms with Crippen LogP contribution in [0.25, 0.3) is 0 Å². The molecule has 1 aliphatic rings. The average Bonchev–Trinajstić information content (AvgIpc) is 3.20. The van der Waals surface area contributed by atoms with Gasteiger partial charge in [-0.25, -0.2) is 9.80 Å². The van der Waals surface area contributed by atoms with Gasteiger partial charge in [0.05, 0.1) is 23.2 Å². The molecular formula is C26H26ClF6N5O4. The molecule has 42 heavy (non-hydrogen) atoms. The molecule has 0 saturated carbocycles. The molecule has 228 valence electrons. The van der Waals surface area contributed by atoms with Crippen LogP contribution in [0.4, 0.5) is 31.1 Å². The third kappa shape index (κ3) is 8.82. The van der Waals surface area contributed by atoms with Gasteiger partial charge in [-0.05, 0) is 54.7 Å². The highest BCUT2D eigenvalue weighted by atomic mass is 35.5. The number of hydrogen-bond acceptors (Lipinski definition) is 5. The van der Waals surface area contributed by atoms with Crippen LogP contribution in [0.15, 0.2) is 53.6 Å². The zero-order valence-corrected chi connectivity index (χ0v) is 22.4. The van der Waals surface area contributed by atoms with Gasteiger partial charge < -0.3 is 21.5 Å². The summed E-state index contributed by atoms with van der Waals surface area (Å²) in [5, 5.41) is 19.4. The number of carbonyl (C=O) groups excluding carboxylic acids is 3. The van der Waals surface area contributed by atoms with E-state index in [-0.39, 0.29) is 30.7 Å². The zero-order valence-electron chi connectivity index (χ0n) is 21.7. The van der Waals surface area contributed by atoms with Crippen molar-refractivity contribution in [3.8, 4) is 0 Å². The van der Waals surface area contributed by atoms with Gasteiger partial charge in [0, 0.05) is 11.6 Å². The first-order chi connectivity index (χ1) is 19.6. The maximum atomic E-state index is 13.2. The second-order valence-corrected chi connectivity index (χ2v) is 9.85. The van der Waals surface area contributed by atoms with Crippen molar-refractivity contribution in [3.05, 3.63) is 70.2 Å². The Morgan fingerprint density at radius 1 is 1.10 bits per heavy atom. The molecule has 2 aromatic carbocycles. The number of alkyl halides is 6. The number of aliphatic hydroxyl groups excluding tert-OH is 1.